The lowest BCUT2D eigenvalue weighted by Gasteiger charge is -2.13. The normalized spacial score (nSPS) is 12.8. The Balaban J connectivity index is 1.42. The molecule has 0 bridgehead atoms. The number of aromatic nitrogens is 2. The molecule has 7 nitrogen and oxygen atoms in total. The SMILES string of the molecule is CCOc1ccc(-n2c(SCC(=O)NN=Cc3ccccc3F)nc3sc4c(c3c2=O)CCC4)cc1. The largest absolute Gasteiger partial charge is 0.494 e. The van der Waals surface area contributed by atoms with Crippen LogP contribution in [0.3, 0.4) is 0 Å². The standard InChI is InChI=1S/C26H23FN4O3S2/c1-2-34-18-12-10-17(11-13-18)31-25(33)23-19-7-5-9-21(19)36-24(23)29-26(31)35-15-22(32)30-28-14-16-6-3-4-8-20(16)27/h3-4,6,8,10-14H,2,5,7,9,15H2,1H3,(H,30,32). The number of benzene rings is 2. The van der Waals surface area contributed by atoms with Gasteiger partial charge in [0.25, 0.3) is 11.5 Å². The number of nitrogens with one attached hydrogen (secondary N) is 1. The maximum atomic E-state index is 13.7. The van der Waals surface area contributed by atoms with Crippen molar-refractivity contribution in [3.63, 3.8) is 0 Å². The zero-order chi connectivity index (χ0) is 25.1. The maximum absolute atomic E-state index is 13.7. The van der Waals surface area contributed by atoms with Gasteiger partial charge in [-0.05, 0) is 62.1 Å². The second-order valence-electron chi connectivity index (χ2n) is 8.10. The number of hydrazone groups is 1. The van der Waals surface area contributed by atoms with Crippen molar-refractivity contribution in [3.05, 3.63) is 80.7 Å². The number of carbonyl (C=O) groups is 1. The number of thiophene rings is 1. The molecule has 0 unspecified atom stereocenters. The fraction of sp³-hybridized carbons (Fsp3) is 0.231. The molecule has 2 aromatic carbocycles. The third kappa shape index (κ3) is 4.91. The first kappa shape index (κ1) is 24.2. The predicted molar refractivity (Wildman–Crippen MR) is 141 cm³/mol. The van der Waals surface area contributed by atoms with E-state index in [0.29, 0.717) is 33.4 Å². The summed E-state index contributed by atoms with van der Waals surface area (Å²) < 4.78 is 20.8. The van der Waals surface area contributed by atoms with E-state index in [1.165, 1.54) is 17.2 Å². The molecular formula is C26H23FN4O3S2. The number of hydrogen-bond donors (Lipinski definition) is 1. The summed E-state index contributed by atoms with van der Waals surface area (Å²) in [5.41, 5.74) is 4.29. The van der Waals surface area contributed by atoms with E-state index >= 15 is 0 Å². The van der Waals surface area contributed by atoms with E-state index in [2.05, 4.69) is 10.5 Å². The van der Waals surface area contributed by atoms with E-state index in [0.717, 1.165) is 36.6 Å². The monoisotopic (exact) mass is 522 g/mol. The summed E-state index contributed by atoms with van der Waals surface area (Å²) in [6.45, 7) is 2.46. The summed E-state index contributed by atoms with van der Waals surface area (Å²) in [5.74, 6) is -0.131. The first-order valence-corrected chi connectivity index (χ1v) is 13.3. The molecule has 1 aliphatic rings. The fourth-order valence-electron chi connectivity index (χ4n) is 4.12. The highest BCUT2D eigenvalue weighted by Crippen LogP contribution is 2.36. The Kier molecular flexibility index (Phi) is 7.15. The minimum absolute atomic E-state index is 0.0192. The van der Waals surface area contributed by atoms with E-state index in [-0.39, 0.29) is 16.9 Å². The number of fused-ring (bicyclic) bond motifs is 3. The molecule has 2 aromatic heterocycles. The number of carbonyl (C=O) groups excluding carboxylic acids is 1. The molecular weight excluding hydrogens is 499 g/mol. The summed E-state index contributed by atoms with van der Waals surface area (Å²) >= 11 is 2.71. The Morgan fingerprint density at radius 2 is 2.06 bits per heavy atom. The number of rotatable bonds is 8. The minimum atomic E-state index is -0.426. The van der Waals surface area contributed by atoms with E-state index in [9.17, 15) is 14.0 Å². The topological polar surface area (TPSA) is 85.6 Å². The number of aryl methyl sites for hydroxylation is 2. The second-order valence-corrected chi connectivity index (χ2v) is 10.1. The van der Waals surface area contributed by atoms with Gasteiger partial charge in [0, 0.05) is 10.4 Å². The Hall–Kier alpha value is -3.50. The molecule has 0 radical (unpaired) electrons. The molecule has 1 aliphatic carbocycles. The highest BCUT2D eigenvalue weighted by atomic mass is 32.2. The average Bonchev–Trinajstić information content (AvgIpc) is 3.46. The van der Waals surface area contributed by atoms with Crippen molar-refractivity contribution in [2.75, 3.05) is 12.4 Å². The molecule has 184 valence electrons. The number of amides is 1. The van der Waals surface area contributed by atoms with Crippen LogP contribution in [0.15, 0.2) is 63.6 Å². The zero-order valence-corrected chi connectivity index (χ0v) is 21.1. The van der Waals surface area contributed by atoms with Gasteiger partial charge >= 0.3 is 0 Å². The number of hydrogen-bond acceptors (Lipinski definition) is 7. The Bertz CT molecular complexity index is 1510. The summed E-state index contributed by atoms with van der Waals surface area (Å²) in [4.78, 5) is 32.9. The Labute approximate surface area is 215 Å². The first-order chi connectivity index (χ1) is 17.5. The average molecular weight is 523 g/mol. The van der Waals surface area contributed by atoms with Gasteiger partial charge in [-0.1, -0.05) is 30.0 Å². The van der Waals surface area contributed by atoms with Gasteiger partial charge in [0.05, 0.1) is 29.6 Å². The van der Waals surface area contributed by atoms with Gasteiger partial charge in [-0.2, -0.15) is 5.10 Å². The Morgan fingerprint density at radius 3 is 2.83 bits per heavy atom. The second kappa shape index (κ2) is 10.6. The van der Waals surface area contributed by atoms with Crippen LogP contribution in [0, 0.1) is 5.82 Å². The van der Waals surface area contributed by atoms with Crippen LogP contribution >= 0.6 is 23.1 Å². The van der Waals surface area contributed by atoms with Gasteiger partial charge in [-0.25, -0.2) is 14.8 Å². The molecule has 1 amide bonds. The van der Waals surface area contributed by atoms with Crippen molar-refractivity contribution in [2.45, 2.75) is 31.3 Å². The van der Waals surface area contributed by atoms with Crippen LogP contribution < -0.4 is 15.7 Å². The van der Waals surface area contributed by atoms with Gasteiger partial charge < -0.3 is 4.74 Å². The van der Waals surface area contributed by atoms with Crippen LogP contribution in [-0.4, -0.2) is 34.0 Å². The molecule has 0 saturated carbocycles. The third-order valence-electron chi connectivity index (χ3n) is 5.74. The Morgan fingerprint density at radius 1 is 1.25 bits per heavy atom. The van der Waals surface area contributed by atoms with Crippen LogP contribution in [0.2, 0.25) is 0 Å². The van der Waals surface area contributed by atoms with E-state index in [4.69, 9.17) is 9.72 Å². The fourth-order valence-corrected chi connectivity index (χ4v) is 6.23. The van der Waals surface area contributed by atoms with Gasteiger partial charge in [0.2, 0.25) is 0 Å². The highest BCUT2D eigenvalue weighted by molar-refractivity contribution is 7.99. The van der Waals surface area contributed by atoms with Crippen molar-refractivity contribution in [1.29, 1.82) is 0 Å². The molecule has 0 spiro atoms. The van der Waals surface area contributed by atoms with Gasteiger partial charge in [-0.15, -0.1) is 11.3 Å². The molecule has 5 rings (SSSR count). The molecule has 0 atom stereocenters. The number of thioether (sulfide) groups is 1. The summed E-state index contributed by atoms with van der Waals surface area (Å²) in [7, 11) is 0. The van der Waals surface area contributed by atoms with Crippen molar-refractivity contribution in [3.8, 4) is 11.4 Å². The lowest BCUT2D eigenvalue weighted by atomic mass is 10.2. The predicted octanol–water partition coefficient (Wildman–Crippen LogP) is 4.72. The molecule has 2 heterocycles. The smallest absolute Gasteiger partial charge is 0.267 e. The molecule has 10 heteroatoms. The van der Waals surface area contributed by atoms with Gasteiger partial charge in [0.15, 0.2) is 5.16 Å². The number of ether oxygens (including phenoxy) is 1. The summed E-state index contributed by atoms with van der Waals surface area (Å²) in [5, 5.41) is 4.94. The summed E-state index contributed by atoms with van der Waals surface area (Å²) in [6.07, 6.45) is 4.14. The molecule has 4 aromatic rings. The van der Waals surface area contributed by atoms with Gasteiger partial charge in [0.1, 0.15) is 16.4 Å². The van der Waals surface area contributed by atoms with Crippen LogP contribution in [0.4, 0.5) is 4.39 Å². The van der Waals surface area contributed by atoms with Crippen LogP contribution in [-0.2, 0) is 17.6 Å². The molecule has 36 heavy (non-hydrogen) atoms. The quantitative estimate of drug-likeness (QED) is 0.157. The van der Waals surface area contributed by atoms with Crippen molar-refractivity contribution < 1.29 is 13.9 Å². The van der Waals surface area contributed by atoms with E-state index in [1.54, 1.807) is 34.1 Å². The lowest BCUT2D eigenvalue weighted by molar-refractivity contribution is -0.118. The molecule has 0 fully saturated rings. The molecule has 0 saturated heterocycles. The maximum Gasteiger partial charge on any atom is 0.267 e. The number of halogens is 1. The van der Waals surface area contributed by atoms with E-state index < -0.39 is 11.7 Å². The lowest BCUT2D eigenvalue weighted by Crippen LogP contribution is -2.24. The zero-order valence-electron chi connectivity index (χ0n) is 19.5. The molecule has 1 N–H and O–H groups in total. The van der Waals surface area contributed by atoms with Gasteiger partial charge in [-0.3, -0.25) is 14.2 Å². The van der Waals surface area contributed by atoms with Crippen molar-refractivity contribution in [1.82, 2.24) is 15.0 Å². The van der Waals surface area contributed by atoms with Crippen molar-refractivity contribution in [2.24, 2.45) is 5.10 Å². The van der Waals surface area contributed by atoms with Crippen LogP contribution in [0.1, 0.15) is 29.3 Å². The van der Waals surface area contributed by atoms with Crippen LogP contribution in [0.25, 0.3) is 15.9 Å². The summed E-state index contributed by atoms with van der Waals surface area (Å²) in [6, 6.07) is 13.4. The minimum Gasteiger partial charge on any atom is -0.494 e. The third-order valence-corrected chi connectivity index (χ3v) is 7.87. The number of nitrogens with zero attached hydrogens (tertiary/aromatic N) is 3. The van der Waals surface area contributed by atoms with Crippen molar-refractivity contribution >= 4 is 45.4 Å². The first-order valence-electron chi connectivity index (χ1n) is 11.5. The van der Waals surface area contributed by atoms with Crippen LogP contribution in [0.5, 0.6) is 5.75 Å². The van der Waals surface area contributed by atoms with E-state index in [1.807, 2.05) is 31.2 Å². The highest BCUT2D eigenvalue weighted by Gasteiger charge is 2.24. The molecule has 0 aliphatic heterocycles.